The summed E-state index contributed by atoms with van der Waals surface area (Å²) >= 11 is 0. The molecule has 0 amide bonds. The molecule has 0 unspecified atom stereocenters. The Morgan fingerprint density at radius 3 is 2.50 bits per heavy atom. The number of aromatic nitrogens is 6. The smallest absolute Gasteiger partial charge is 0.387 e. The van der Waals surface area contributed by atoms with Gasteiger partial charge in [0.05, 0.1) is 24.3 Å². The second-order valence-corrected chi connectivity index (χ2v) is 7.78. The molecule has 34 heavy (non-hydrogen) atoms. The van der Waals surface area contributed by atoms with E-state index in [2.05, 4.69) is 46.5 Å². The molecule has 172 valence electrons. The van der Waals surface area contributed by atoms with Gasteiger partial charge in [-0.2, -0.15) is 19.1 Å². The first kappa shape index (κ1) is 21.4. The summed E-state index contributed by atoms with van der Waals surface area (Å²) in [6.07, 6.45) is 10.0. The summed E-state index contributed by atoms with van der Waals surface area (Å²) < 4.78 is 30.4. The number of alkyl halides is 2. The summed E-state index contributed by atoms with van der Waals surface area (Å²) in [4.78, 5) is 16.8. The molecule has 4 aromatic heterocycles. The number of pyridine rings is 1. The zero-order valence-corrected chi connectivity index (χ0v) is 17.8. The monoisotopic (exact) mass is 463 g/mol. The summed E-state index contributed by atoms with van der Waals surface area (Å²) in [7, 11) is 0. The van der Waals surface area contributed by atoms with Crippen LogP contribution in [0.4, 0.5) is 20.5 Å². The Morgan fingerprint density at radius 1 is 1.00 bits per heavy atom. The van der Waals surface area contributed by atoms with Crippen molar-refractivity contribution < 1.29 is 13.5 Å². The van der Waals surface area contributed by atoms with Gasteiger partial charge in [0, 0.05) is 30.0 Å². The predicted molar refractivity (Wildman–Crippen MR) is 118 cm³/mol. The minimum absolute atomic E-state index is 0.0772. The molecule has 0 aliphatic heterocycles. The molecule has 5 rings (SSSR count). The van der Waals surface area contributed by atoms with E-state index in [1.807, 2.05) is 18.2 Å². The Kier molecular flexibility index (Phi) is 5.82. The van der Waals surface area contributed by atoms with Gasteiger partial charge in [0.1, 0.15) is 17.5 Å². The van der Waals surface area contributed by atoms with Crippen molar-refractivity contribution in [1.29, 1.82) is 5.26 Å². The number of nitrogens with zero attached hydrogens (tertiary/aromatic N) is 7. The third-order valence-corrected chi connectivity index (χ3v) is 5.55. The quantitative estimate of drug-likeness (QED) is 0.423. The number of nitrogens with one attached hydrogen (secondary N) is 2. The second kappa shape index (κ2) is 9.22. The van der Waals surface area contributed by atoms with Gasteiger partial charge in [-0.3, -0.25) is 0 Å². The fourth-order valence-corrected chi connectivity index (χ4v) is 4.01. The molecule has 4 aromatic rings. The SMILES string of the molecule is N#Cc1cnn2c(-c3ccc(N[C@H]4CC[C@H](Nc5ncc(OC(F)F)cn5)C4)nc3)ccnc12. The minimum Gasteiger partial charge on any atom is -0.432 e. The average Bonchev–Trinajstić information content (AvgIpc) is 3.47. The van der Waals surface area contributed by atoms with Gasteiger partial charge >= 0.3 is 6.61 Å². The van der Waals surface area contributed by atoms with Crippen molar-refractivity contribution in [3.05, 3.63) is 54.7 Å². The molecule has 1 aliphatic carbocycles. The summed E-state index contributed by atoms with van der Waals surface area (Å²) in [6, 6.07) is 8.13. The lowest BCUT2D eigenvalue weighted by Gasteiger charge is -2.15. The van der Waals surface area contributed by atoms with Gasteiger partial charge in [-0.1, -0.05) is 0 Å². The van der Waals surface area contributed by atoms with Gasteiger partial charge in [-0.25, -0.2) is 24.5 Å². The van der Waals surface area contributed by atoms with Gasteiger partial charge in [0.2, 0.25) is 5.95 Å². The molecular formula is C22H19F2N9O. The van der Waals surface area contributed by atoms with Crippen LogP contribution in [0.15, 0.2) is 49.2 Å². The Hall–Kier alpha value is -4.40. The number of rotatable bonds is 7. The largest absolute Gasteiger partial charge is 0.432 e. The highest BCUT2D eigenvalue weighted by molar-refractivity contribution is 5.65. The van der Waals surface area contributed by atoms with Crippen LogP contribution in [0.1, 0.15) is 24.8 Å². The molecular weight excluding hydrogens is 444 g/mol. The molecule has 0 aromatic carbocycles. The van der Waals surface area contributed by atoms with E-state index in [0.29, 0.717) is 17.2 Å². The van der Waals surface area contributed by atoms with E-state index >= 15 is 0 Å². The third-order valence-electron chi connectivity index (χ3n) is 5.55. The number of anilines is 2. The standard InChI is InChI=1S/C22H19F2N9O/c23-21(24)34-17-11-28-22(29-12-17)32-16-3-2-15(7-16)31-19-4-1-13(9-27-19)18-5-6-26-20-14(8-25)10-30-33(18)20/h1,4-6,9-12,15-16,21H,2-3,7H2,(H,27,31)(H,28,29,32)/t15-,16-/m0/s1. The lowest BCUT2D eigenvalue weighted by atomic mass is 10.2. The molecule has 12 heteroatoms. The van der Waals surface area contributed by atoms with Gasteiger partial charge in [-0.05, 0) is 37.5 Å². The van der Waals surface area contributed by atoms with Crippen molar-refractivity contribution in [1.82, 2.24) is 29.5 Å². The Bertz CT molecular complexity index is 1320. The summed E-state index contributed by atoms with van der Waals surface area (Å²) in [5, 5.41) is 20.1. The van der Waals surface area contributed by atoms with E-state index in [-0.39, 0.29) is 17.8 Å². The Morgan fingerprint density at radius 2 is 1.79 bits per heavy atom. The summed E-state index contributed by atoms with van der Waals surface area (Å²) in [5.41, 5.74) is 2.57. The van der Waals surface area contributed by atoms with Crippen molar-refractivity contribution in [2.24, 2.45) is 0 Å². The van der Waals surface area contributed by atoms with E-state index in [1.165, 1.54) is 18.6 Å². The number of hydrogen-bond acceptors (Lipinski definition) is 9. The first-order valence-corrected chi connectivity index (χ1v) is 10.6. The average molecular weight is 463 g/mol. The third kappa shape index (κ3) is 4.54. The summed E-state index contributed by atoms with van der Waals surface area (Å²) in [5.74, 6) is 1.05. The first-order chi connectivity index (χ1) is 16.6. The van der Waals surface area contributed by atoms with Crippen molar-refractivity contribution in [2.45, 2.75) is 38.0 Å². The molecule has 1 saturated carbocycles. The van der Waals surface area contributed by atoms with Crippen LogP contribution in [0.2, 0.25) is 0 Å². The number of nitriles is 1. The van der Waals surface area contributed by atoms with Crippen LogP contribution in [0.5, 0.6) is 5.75 Å². The molecule has 0 bridgehead atoms. The van der Waals surface area contributed by atoms with Crippen LogP contribution in [-0.2, 0) is 0 Å². The maximum Gasteiger partial charge on any atom is 0.387 e. The maximum atomic E-state index is 12.2. The van der Waals surface area contributed by atoms with Crippen molar-refractivity contribution in [3.63, 3.8) is 0 Å². The van der Waals surface area contributed by atoms with E-state index < -0.39 is 6.61 Å². The first-order valence-electron chi connectivity index (χ1n) is 10.6. The molecule has 1 fully saturated rings. The van der Waals surface area contributed by atoms with Gasteiger partial charge in [-0.15, -0.1) is 0 Å². The van der Waals surface area contributed by atoms with E-state index in [9.17, 15) is 14.0 Å². The Balaban J connectivity index is 1.19. The van der Waals surface area contributed by atoms with Gasteiger partial charge in [0.15, 0.2) is 11.4 Å². The van der Waals surface area contributed by atoms with Crippen LogP contribution in [0.25, 0.3) is 16.9 Å². The van der Waals surface area contributed by atoms with E-state index in [0.717, 1.165) is 36.3 Å². The highest BCUT2D eigenvalue weighted by atomic mass is 19.3. The lowest BCUT2D eigenvalue weighted by Crippen LogP contribution is -2.22. The predicted octanol–water partition coefficient (Wildman–Crippen LogP) is 3.50. The van der Waals surface area contributed by atoms with Crippen molar-refractivity contribution in [3.8, 4) is 23.1 Å². The number of ether oxygens (including phenoxy) is 1. The lowest BCUT2D eigenvalue weighted by molar-refractivity contribution is -0.0503. The van der Waals surface area contributed by atoms with E-state index in [4.69, 9.17) is 0 Å². The maximum absolute atomic E-state index is 12.2. The highest BCUT2D eigenvalue weighted by Crippen LogP contribution is 2.26. The molecule has 4 heterocycles. The fraction of sp³-hybridized carbons (Fsp3) is 0.273. The van der Waals surface area contributed by atoms with Crippen LogP contribution >= 0.6 is 0 Å². The van der Waals surface area contributed by atoms with Gasteiger partial charge < -0.3 is 15.4 Å². The van der Waals surface area contributed by atoms with Gasteiger partial charge in [0.25, 0.3) is 0 Å². The molecule has 2 N–H and O–H groups in total. The normalized spacial score (nSPS) is 17.6. The molecule has 2 atom stereocenters. The van der Waals surface area contributed by atoms with Crippen LogP contribution < -0.4 is 15.4 Å². The van der Waals surface area contributed by atoms with Crippen LogP contribution in [0, 0.1) is 11.3 Å². The Labute approximate surface area is 192 Å². The van der Waals surface area contributed by atoms with Crippen molar-refractivity contribution in [2.75, 3.05) is 10.6 Å². The molecule has 1 aliphatic rings. The zero-order valence-electron chi connectivity index (χ0n) is 17.8. The molecule has 0 saturated heterocycles. The topological polar surface area (TPSA) is 126 Å². The van der Waals surface area contributed by atoms with Crippen LogP contribution in [0.3, 0.4) is 0 Å². The van der Waals surface area contributed by atoms with Crippen LogP contribution in [-0.4, -0.2) is 48.2 Å². The number of fused-ring (bicyclic) bond motifs is 1. The molecule has 0 spiro atoms. The van der Waals surface area contributed by atoms with E-state index in [1.54, 1.807) is 16.9 Å². The van der Waals surface area contributed by atoms with Crippen molar-refractivity contribution >= 4 is 17.4 Å². The highest BCUT2D eigenvalue weighted by Gasteiger charge is 2.25. The number of hydrogen-bond donors (Lipinski definition) is 2. The molecule has 0 radical (unpaired) electrons. The number of halogens is 2. The molecule has 10 nitrogen and oxygen atoms in total. The summed E-state index contributed by atoms with van der Waals surface area (Å²) in [6.45, 7) is -2.90. The second-order valence-electron chi connectivity index (χ2n) is 7.78. The zero-order chi connectivity index (χ0) is 23.5. The fourth-order valence-electron chi connectivity index (χ4n) is 4.01. The minimum atomic E-state index is -2.90.